The second kappa shape index (κ2) is 7.94. The van der Waals surface area contributed by atoms with Crippen LogP contribution in [-0.2, 0) is 6.42 Å². The maximum atomic E-state index is 6.03. The highest BCUT2D eigenvalue weighted by atomic mass is 35.5. The number of pyridine rings is 1. The Balaban J connectivity index is 1.52. The third kappa shape index (κ3) is 3.89. The lowest BCUT2D eigenvalue weighted by molar-refractivity contribution is 0.483. The first-order valence-corrected chi connectivity index (χ1v) is 10.9. The summed E-state index contributed by atoms with van der Waals surface area (Å²) >= 11 is 7.89. The molecule has 1 aliphatic heterocycles. The van der Waals surface area contributed by atoms with E-state index >= 15 is 0 Å². The van der Waals surface area contributed by atoms with Gasteiger partial charge in [0.15, 0.2) is 0 Å². The van der Waals surface area contributed by atoms with Crippen LogP contribution in [0.5, 0.6) is 11.5 Å². The largest absolute Gasteiger partial charge is 0.457 e. The van der Waals surface area contributed by atoms with E-state index in [0.29, 0.717) is 0 Å². The molecule has 29 heavy (non-hydrogen) atoms. The number of halogens is 1. The van der Waals surface area contributed by atoms with Crippen molar-refractivity contribution >= 4 is 46.4 Å². The van der Waals surface area contributed by atoms with Crippen molar-refractivity contribution in [3.63, 3.8) is 0 Å². The predicted octanol–water partition coefficient (Wildman–Crippen LogP) is 7.50. The van der Waals surface area contributed by atoms with Gasteiger partial charge >= 0.3 is 0 Å². The SMILES string of the molecule is Clc1ccc(/C=C/c2nc3ccc(Oc4ccccc4)cc3c3c2CCS3)cc1. The summed E-state index contributed by atoms with van der Waals surface area (Å²) in [6.45, 7) is 0. The van der Waals surface area contributed by atoms with Crippen molar-refractivity contribution in [1.29, 1.82) is 0 Å². The molecule has 0 aliphatic carbocycles. The van der Waals surface area contributed by atoms with Crippen molar-refractivity contribution in [1.82, 2.24) is 4.98 Å². The molecule has 0 radical (unpaired) electrons. The van der Waals surface area contributed by atoms with Gasteiger partial charge in [0, 0.05) is 21.1 Å². The summed E-state index contributed by atoms with van der Waals surface area (Å²) in [5, 5.41) is 1.91. The van der Waals surface area contributed by atoms with Crippen LogP contribution in [0, 0.1) is 0 Å². The molecule has 2 heterocycles. The maximum Gasteiger partial charge on any atom is 0.128 e. The molecule has 2 nitrogen and oxygen atoms in total. The topological polar surface area (TPSA) is 22.1 Å². The number of aromatic nitrogens is 1. The monoisotopic (exact) mass is 415 g/mol. The van der Waals surface area contributed by atoms with Gasteiger partial charge in [0.1, 0.15) is 11.5 Å². The zero-order valence-electron chi connectivity index (χ0n) is 15.6. The predicted molar refractivity (Wildman–Crippen MR) is 123 cm³/mol. The number of nitrogens with zero attached hydrogens (tertiary/aromatic N) is 1. The molecule has 4 heteroatoms. The molecule has 0 saturated carbocycles. The quantitative estimate of drug-likeness (QED) is 0.344. The molecular formula is C25H18ClNOS. The van der Waals surface area contributed by atoms with Crippen molar-refractivity contribution in [2.75, 3.05) is 5.75 Å². The van der Waals surface area contributed by atoms with Gasteiger partial charge in [-0.1, -0.05) is 48.0 Å². The minimum atomic E-state index is 0.747. The normalized spacial score (nSPS) is 13.1. The number of thioether (sulfide) groups is 1. The van der Waals surface area contributed by atoms with Gasteiger partial charge in [-0.05, 0) is 66.1 Å². The molecule has 1 aliphatic rings. The van der Waals surface area contributed by atoms with Crippen molar-refractivity contribution in [2.24, 2.45) is 0 Å². The molecule has 1 aromatic heterocycles. The lowest BCUT2D eigenvalue weighted by Crippen LogP contribution is -1.94. The molecule has 0 unspecified atom stereocenters. The molecule has 0 amide bonds. The van der Waals surface area contributed by atoms with Crippen molar-refractivity contribution < 1.29 is 4.74 Å². The van der Waals surface area contributed by atoms with Gasteiger partial charge in [-0.25, -0.2) is 4.98 Å². The second-order valence-electron chi connectivity index (χ2n) is 6.88. The summed E-state index contributed by atoms with van der Waals surface area (Å²) in [5.74, 6) is 2.76. The molecule has 4 aromatic rings. The van der Waals surface area contributed by atoms with E-state index in [0.717, 1.165) is 45.5 Å². The van der Waals surface area contributed by atoms with E-state index in [1.807, 2.05) is 78.5 Å². The Labute approximate surface area is 179 Å². The first-order valence-electron chi connectivity index (χ1n) is 9.52. The first-order chi connectivity index (χ1) is 14.3. The molecule has 0 spiro atoms. The molecule has 5 rings (SSSR count). The third-order valence-electron chi connectivity index (χ3n) is 4.92. The Kier molecular flexibility index (Phi) is 5.01. The molecule has 0 bridgehead atoms. The van der Waals surface area contributed by atoms with Crippen LogP contribution in [0.3, 0.4) is 0 Å². The molecule has 0 saturated heterocycles. The summed E-state index contributed by atoms with van der Waals surface area (Å²) in [6.07, 6.45) is 5.25. The maximum absolute atomic E-state index is 6.03. The number of hydrogen-bond acceptors (Lipinski definition) is 3. The van der Waals surface area contributed by atoms with Gasteiger partial charge in [0.25, 0.3) is 0 Å². The highest BCUT2D eigenvalue weighted by Gasteiger charge is 2.19. The summed E-state index contributed by atoms with van der Waals surface area (Å²) in [7, 11) is 0. The minimum absolute atomic E-state index is 0.747. The van der Waals surface area contributed by atoms with Gasteiger partial charge < -0.3 is 4.74 Å². The Morgan fingerprint density at radius 1 is 0.897 bits per heavy atom. The van der Waals surface area contributed by atoms with E-state index in [1.165, 1.54) is 15.8 Å². The fourth-order valence-electron chi connectivity index (χ4n) is 3.51. The van der Waals surface area contributed by atoms with Gasteiger partial charge in [0.05, 0.1) is 11.2 Å². The summed E-state index contributed by atoms with van der Waals surface area (Å²) in [5.41, 5.74) is 4.48. The zero-order chi connectivity index (χ0) is 19.6. The van der Waals surface area contributed by atoms with E-state index in [2.05, 4.69) is 18.2 Å². The Morgan fingerprint density at radius 2 is 1.72 bits per heavy atom. The number of ether oxygens (including phenoxy) is 1. The molecule has 0 atom stereocenters. The highest BCUT2D eigenvalue weighted by molar-refractivity contribution is 7.99. The number of para-hydroxylation sites is 1. The Morgan fingerprint density at radius 3 is 2.55 bits per heavy atom. The van der Waals surface area contributed by atoms with Crippen LogP contribution < -0.4 is 4.74 Å². The fourth-order valence-corrected chi connectivity index (χ4v) is 4.84. The number of fused-ring (bicyclic) bond motifs is 3. The Hall–Kier alpha value is -2.75. The zero-order valence-corrected chi connectivity index (χ0v) is 17.2. The van der Waals surface area contributed by atoms with E-state index in [-0.39, 0.29) is 0 Å². The van der Waals surface area contributed by atoms with Gasteiger partial charge in [0.2, 0.25) is 0 Å². The van der Waals surface area contributed by atoms with E-state index in [9.17, 15) is 0 Å². The van der Waals surface area contributed by atoms with Crippen LogP contribution >= 0.6 is 23.4 Å². The van der Waals surface area contributed by atoms with E-state index < -0.39 is 0 Å². The standard InChI is InChI=1S/C25H18ClNOS/c26-18-9-6-17(7-10-18)8-12-23-21-14-15-29-25(21)22-16-20(11-13-24(22)27-23)28-19-4-2-1-3-5-19/h1-13,16H,14-15H2/b12-8+. The number of rotatable bonds is 4. The van der Waals surface area contributed by atoms with Crippen LogP contribution in [0.1, 0.15) is 16.8 Å². The van der Waals surface area contributed by atoms with E-state index in [1.54, 1.807) is 0 Å². The Bertz CT molecular complexity index is 1200. The average molecular weight is 416 g/mol. The smallest absolute Gasteiger partial charge is 0.128 e. The van der Waals surface area contributed by atoms with Crippen molar-refractivity contribution in [2.45, 2.75) is 11.3 Å². The van der Waals surface area contributed by atoms with Crippen LogP contribution in [-0.4, -0.2) is 10.7 Å². The van der Waals surface area contributed by atoms with Crippen LogP contribution in [0.4, 0.5) is 0 Å². The minimum Gasteiger partial charge on any atom is -0.457 e. The molecular weight excluding hydrogens is 398 g/mol. The van der Waals surface area contributed by atoms with Crippen LogP contribution in [0.2, 0.25) is 5.02 Å². The lowest BCUT2D eigenvalue weighted by Gasteiger charge is -2.11. The van der Waals surface area contributed by atoms with E-state index in [4.69, 9.17) is 21.3 Å². The van der Waals surface area contributed by atoms with Crippen LogP contribution in [0.15, 0.2) is 77.7 Å². The number of benzene rings is 3. The number of hydrogen-bond donors (Lipinski definition) is 0. The molecule has 142 valence electrons. The lowest BCUT2D eigenvalue weighted by atomic mass is 10.1. The van der Waals surface area contributed by atoms with Gasteiger partial charge in [-0.15, -0.1) is 11.8 Å². The fraction of sp³-hybridized carbons (Fsp3) is 0.0800. The van der Waals surface area contributed by atoms with Gasteiger partial charge in [-0.3, -0.25) is 0 Å². The van der Waals surface area contributed by atoms with Crippen LogP contribution in [0.25, 0.3) is 23.1 Å². The first kappa shape index (κ1) is 18.3. The second-order valence-corrected chi connectivity index (χ2v) is 8.42. The third-order valence-corrected chi connectivity index (χ3v) is 6.33. The summed E-state index contributed by atoms with van der Waals surface area (Å²) in [6, 6.07) is 23.9. The summed E-state index contributed by atoms with van der Waals surface area (Å²) < 4.78 is 6.03. The van der Waals surface area contributed by atoms with Gasteiger partial charge in [-0.2, -0.15) is 0 Å². The summed E-state index contributed by atoms with van der Waals surface area (Å²) in [4.78, 5) is 6.27. The molecule has 0 N–H and O–H groups in total. The highest BCUT2D eigenvalue weighted by Crippen LogP contribution is 2.40. The molecule has 3 aromatic carbocycles. The molecule has 0 fully saturated rings. The van der Waals surface area contributed by atoms with Crippen molar-refractivity contribution in [3.8, 4) is 11.5 Å². The average Bonchev–Trinajstić information content (AvgIpc) is 3.25. The van der Waals surface area contributed by atoms with Crippen molar-refractivity contribution in [3.05, 3.63) is 94.6 Å².